The number of carbonyl (C=O) groups excluding carboxylic acids is 1. The first-order valence-electron chi connectivity index (χ1n) is 3.85. The molecule has 0 rings (SSSR count). The number of hydrogen-bond donors (Lipinski definition) is 0. The molecule has 72 valence electrons. The third kappa shape index (κ3) is 4.17. The Bertz CT molecular complexity index is 155. The number of ether oxygens (including phenoxy) is 1. The van der Waals surface area contributed by atoms with Crippen molar-refractivity contribution in [2.45, 2.75) is 32.0 Å². The minimum atomic E-state index is -0.593. The summed E-state index contributed by atoms with van der Waals surface area (Å²) >= 11 is 11.1. The Morgan fingerprint density at radius 3 is 2.33 bits per heavy atom. The van der Waals surface area contributed by atoms with Crippen molar-refractivity contribution in [2.24, 2.45) is 5.41 Å². The maximum atomic E-state index is 11.3. The predicted molar refractivity (Wildman–Crippen MR) is 50.5 cm³/mol. The Labute approximate surface area is 83.2 Å². The summed E-state index contributed by atoms with van der Waals surface area (Å²) in [4.78, 5) is 10.7. The molecule has 0 aliphatic rings. The van der Waals surface area contributed by atoms with Crippen molar-refractivity contribution in [3.05, 3.63) is 0 Å². The lowest BCUT2D eigenvalue weighted by Gasteiger charge is -2.22. The number of halogens is 2. The van der Waals surface area contributed by atoms with Crippen LogP contribution < -0.4 is 0 Å². The average molecular weight is 213 g/mol. The zero-order chi connectivity index (χ0) is 9.78. The van der Waals surface area contributed by atoms with Crippen LogP contribution in [0.15, 0.2) is 0 Å². The van der Waals surface area contributed by atoms with E-state index in [0.29, 0.717) is 13.0 Å². The summed E-state index contributed by atoms with van der Waals surface area (Å²) in [6, 6.07) is 0. The van der Waals surface area contributed by atoms with E-state index in [9.17, 15) is 4.79 Å². The van der Waals surface area contributed by atoms with Crippen molar-refractivity contribution in [1.82, 2.24) is 0 Å². The van der Waals surface area contributed by atoms with E-state index in [-0.39, 0.29) is 5.97 Å². The van der Waals surface area contributed by atoms with Crippen LogP contribution in [0, 0.1) is 5.41 Å². The van der Waals surface area contributed by atoms with Gasteiger partial charge in [-0.1, -0.05) is 0 Å². The van der Waals surface area contributed by atoms with Crippen molar-refractivity contribution < 1.29 is 9.53 Å². The number of esters is 1. The van der Waals surface area contributed by atoms with E-state index in [1.165, 1.54) is 0 Å². The minimum Gasteiger partial charge on any atom is -0.466 e. The van der Waals surface area contributed by atoms with Gasteiger partial charge in [-0.05, 0) is 27.2 Å². The molecule has 0 N–H and O–H groups in total. The van der Waals surface area contributed by atoms with E-state index in [4.69, 9.17) is 27.9 Å². The Kier molecular flexibility index (Phi) is 4.95. The molecule has 0 aromatic heterocycles. The van der Waals surface area contributed by atoms with Crippen molar-refractivity contribution in [3.8, 4) is 0 Å². The Balaban J connectivity index is 4.09. The predicted octanol–water partition coefficient (Wildman–Crippen LogP) is 2.77. The van der Waals surface area contributed by atoms with E-state index in [1.54, 1.807) is 20.8 Å². The van der Waals surface area contributed by atoms with Gasteiger partial charge in [-0.25, -0.2) is 0 Å². The van der Waals surface area contributed by atoms with Gasteiger partial charge in [0.1, 0.15) is 4.84 Å². The molecule has 0 amide bonds. The lowest BCUT2D eigenvalue weighted by atomic mass is 9.90. The van der Waals surface area contributed by atoms with Gasteiger partial charge in [-0.3, -0.25) is 4.79 Å². The van der Waals surface area contributed by atoms with Crippen LogP contribution in [0.2, 0.25) is 0 Å². The molecule has 2 nitrogen and oxygen atoms in total. The molecule has 12 heavy (non-hydrogen) atoms. The summed E-state index contributed by atoms with van der Waals surface area (Å²) in [7, 11) is 0. The van der Waals surface area contributed by atoms with E-state index >= 15 is 0 Å². The second kappa shape index (κ2) is 4.93. The molecular formula is C8H14Cl2O2. The van der Waals surface area contributed by atoms with Crippen LogP contribution in [-0.2, 0) is 9.53 Å². The minimum absolute atomic E-state index is 0.253. The van der Waals surface area contributed by atoms with Crippen LogP contribution in [0.3, 0.4) is 0 Å². The van der Waals surface area contributed by atoms with Crippen LogP contribution in [0.4, 0.5) is 0 Å². The first kappa shape index (κ1) is 12.0. The van der Waals surface area contributed by atoms with E-state index in [0.717, 1.165) is 0 Å². The number of alkyl halides is 2. The lowest BCUT2D eigenvalue weighted by Crippen LogP contribution is -2.28. The quantitative estimate of drug-likeness (QED) is 0.530. The van der Waals surface area contributed by atoms with Crippen molar-refractivity contribution in [2.75, 3.05) is 6.61 Å². The molecule has 0 aromatic carbocycles. The first-order chi connectivity index (χ1) is 5.40. The Hall–Kier alpha value is 0.0500. The summed E-state index contributed by atoms with van der Waals surface area (Å²) in [6.45, 7) is 5.69. The molecule has 0 unspecified atom stereocenters. The molecule has 0 aliphatic heterocycles. The number of rotatable bonds is 4. The van der Waals surface area contributed by atoms with E-state index in [2.05, 4.69) is 0 Å². The van der Waals surface area contributed by atoms with Crippen molar-refractivity contribution in [3.63, 3.8) is 0 Å². The van der Waals surface area contributed by atoms with E-state index < -0.39 is 10.3 Å². The second-order valence-corrected chi connectivity index (χ2v) is 4.48. The van der Waals surface area contributed by atoms with Crippen molar-refractivity contribution >= 4 is 29.2 Å². The highest BCUT2D eigenvalue weighted by molar-refractivity contribution is 6.44. The van der Waals surface area contributed by atoms with Gasteiger partial charge >= 0.3 is 5.97 Å². The zero-order valence-corrected chi connectivity index (χ0v) is 9.08. The smallest absolute Gasteiger partial charge is 0.311 e. The molecule has 0 bridgehead atoms. The van der Waals surface area contributed by atoms with Crippen LogP contribution in [0.5, 0.6) is 0 Å². The van der Waals surface area contributed by atoms with Crippen LogP contribution in [0.25, 0.3) is 0 Å². The molecule has 0 atom stereocenters. The fourth-order valence-electron chi connectivity index (χ4n) is 0.796. The first-order valence-corrected chi connectivity index (χ1v) is 4.73. The fraction of sp³-hybridized carbons (Fsp3) is 0.875. The summed E-state index contributed by atoms with van der Waals surface area (Å²) in [6.07, 6.45) is 0.412. The van der Waals surface area contributed by atoms with Crippen LogP contribution in [-0.4, -0.2) is 17.4 Å². The van der Waals surface area contributed by atoms with Crippen LogP contribution in [0.1, 0.15) is 27.2 Å². The molecular weight excluding hydrogens is 199 g/mol. The normalized spacial score (nSPS) is 11.8. The maximum Gasteiger partial charge on any atom is 0.311 e. The largest absolute Gasteiger partial charge is 0.466 e. The second-order valence-electron chi connectivity index (χ2n) is 3.20. The monoisotopic (exact) mass is 212 g/mol. The lowest BCUT2D eigenvalue weighted by molar-refractivity contribution is -0.153. The topological polar surface area (TPSA) is 26.3 Å². The standard InChI is InChI=1S/C8H14Cl2O2/c1-4-12-7(11)8(2,3)5-6(9)10/h6H,4-5H2,1-3H3. The zero-order valence-electron chi connectivity index (χ0n) is 7.56. The maximum absolute atomic E-state index is 11.3. The highest BCUT2D eigenvalue weighted by Crippen LogP contribution is 2.27. The summed E-state index contributed by atoms with van der Waals surface area (Å²) in [5.41, 5.74) is -0.593. The number of carbonyl (C=O) groups is 1. The highest BCUT2D eigenvalue weighted by atomic mass is 35.5. The number of hydrogen-bond acceptors (Lipinski definition) is 2. The third-order valence-electron chi connectivity index (χ3n) is 1.49. The molecule has 0 aliphatic carbocycles. The molecule has 4 heteroatoms. The summed E-state index contributed by atoms with van der Waals surface area (Å²) in [5.74, 6) is -0.253. The third-order valence-corrected chi connectivity index (χ3v) is 1.80. The van der Waals surface area contributed by atoms with Crippen LogP contribution >= 0.6 is 23.2 Å². The van der Waals surface area contributed by atoms with Gasteiger partial charge in [0.2, 0.25) is 0 Å². The van der Waals surface area contributed by atoms with Gasteiger partial charge < -0.3 is 4.74 Å². The molecule has 0 saturated carbocycles. The fourth-order valence-corrected chi connectivity index (χ4v) is 1.57. The molecule has 0 radical (unpaired) electrons. The summed E-state index contributed by atoms with van der Waals surface area (Å²) < 4.78 is 4.85. The molecule has 0 saturated heterocycles. The SMILES string of the molecule is CCOC(=O)C(C)(C)CC(Cl)Cl. The highest BCUT2D eigenvalue weighted by Gasteiger charge is 2.31. The van der Waals surface area contributed by atoms with Gasteiger partial charge in [-0.15, -0.1) is 23.2 Å². The summed E-state index contributed by atoms with van der Waals surface area (Å²) in [5, 5.41) is 0. The van der Waals surface area contributed by atoms with Gasteiger partial charge in [-0.2, -0.15) is 0 Å². The van der Waals surface area contributed by atoms with Gasteiger partial charge in [0.15, 0.2) is 0 Å². The van der Waals surface area contributed by atoms with Gasteiger partial charge in [0.05, 0.1) is 12.0 Å². The van der Waals surface area contributed by atoms with E-state index in [1.807, 2.05) is 0 Å². The molecule has 0 fully saturated rings. The van der Waals surface area contributed by atoms with Gasteiger partial charge in [0.25, 0.3) is 0 Å². The molecule has 0 spiro atoms. The van der Waals surface area contributed by atoms with Gasteiger partial charge in [0, 0.05) is 0 Å². The molecule has 0 heterocycles. The van der Waals surface area contributed by atoms with Crippen molar-refractivity contribution in [1.29, 1.82) is 0 Å². The Morgan fingerprint density at radius 1 is 1.50 bits per heavy atom. The molecule has 0 aromatic rings. The average Bonchev–Trinajstić information content (AvgIpc) is 1.85. The Morgan fingerprint density at radius 2 is 2.00 bits per heavy atom.